The van der Waals surface area contributed by atoms with Crippen LogP contribution < -0.4 is 26.4 Å². The number of furan rings is 1. The Morgan fingerprint density at radius 1 is 1.18 bits per heavy atom. The van der Waals surface area contributed by atoms with Gasteiger partial charge in [0.25, 0.3) is 17.7 Å². The summed E-state index contributed by atoms with van der Waals surface area (Å²) in [5.41, 5.74) is 10.8. The maximum Gasteiger partial charge on any atom is 0.273 e. The third-order valence-electron chi connectivity index (χ3n) is 4.54. The number of methoxy groups -OCH3 is 1. The number of hydrogen-bond donors (Lipinski definition) is 3. The van der Waals surface area contributed by atoms with Crippen LogP contribution in [0.1, 0.15) is 52.7 Å². The average Bonchev–Trinajstić information content (AvgIpc) is 3.40. The number of ether oxygens (including phenoxy) is 1. The summed E-state index contributed by atoms with van der Waals surface area (Å²) in [6.45, 7) is 5.47. The standard InChI is InChI=1S/C22H25N5O5S/c1-22(2,3)25-20(29)17(14-6-5-11-32-14)27(12-7-9-13(31-4)10-8-12)21(30)18-15(23)16(19(24)28)26-33-18/h5-11,17H,23H2,1-4H3,(H2,24,28)(H,25,29). The number of nitrogens with zero attached hydrogens (tertiary/aromatic N) is 2. The van der Waals surface area contributed by atoms with Crippen molar-refractivity contribution in [2.45, 2.75) is 32.4 Å². The minimum atomic E-state index is -1.18. The van der Waals surface area contributed by atoms with Crippen molar-refractivity contribution < 1.29 is 23.5 Å². The largest absolute Gasteiger partial charge is 0.497 e. The lowest BCUT2D eigenvalue weighted by atomic mass is 10.1. The lowest BCUT2D eigenvalue weighted by Gasteiger charge is -2.32. The maximum atomic E-state index is 13.8. The lowest BCUT2D eigenvalue weighted by Crippen LogP contribution is -2.49. The van der Waals surface area contributed by atoms with Gasteiger partial charge in [0.15, 0.2) is 11.7 Å². The Hall–Kier alpha value is -3.86. The van der Waals surface area contributed by atoms with Crippen LogP contribution in [0.5, 0.6) is 5.75 Å². The van der Waals surface area contributed by atoms with Gasteiger partial charge in [-0.05, 0) is 68.7 Å². The van der Waals surface area contributed by atoms with E-state index in [-0.39, 0.29) is 22.0 Å². The van der Waals surface area contributed by atoms with Gasteiger partial charge in [-0.15, -0.1) is 0 Å². The molecule has 0 saturated carbocycles. The van der Waals surface area contributed by atoms with Crippen LogP contribution in [0, 0.1) is 0 Å². The highest BCUT2D eigenvalue weighted by Crippen LogP contribution is 2.34. The molecule has 0 fully saturated rings. The van der Waals surface area contributed by atoms with E-state index in [4.69, 9.17) is 20.6 Å². The number of aromatic nitrogens is 1. The number of nitrogen functional groups attached to an aromatic ring is 1. The van der Waals surface area contributed by atoms with Gasteiger partial charge in [-0.2, -0.15) is 4.37 Å². The van der Waals surface area contributed by atoms with Crippen molar-refractivity contribution in [2.75, 3.05) is 17.7 Å². The summed E-state index contributed by atoms with van der Waals surface area (Å²) in [6.07, 6.45) is 1.41. The van der Waals surface area contributed by atoms with Crippen LogP contribution in [0.3, 0.4) is 0 Å². The molecule has 0 aliphatic carbocycles. The zero-order chi connectivity index (χ0) is 24.3. The predicted octanol–water partition coefficient (Wildman–Crippen LogP) is 2.73. The molecule has 0 saturated heterocycles. The van der Waals surface area contributed by atoms with Crippen LogP contribution >= 0.6 is 11.5 Å². The fraction of sp³-hybridized carbons (Fsp3) is 0.273. The van der Waals surface area contributed by atoms with E-state index in [2.05, 4.69) is 9.69 Å². The number of benzene rings is 1. The van der Waals surface area contributed by atoms with Gasteiger partial charge in [-0.25, -0.2) is 0 Å². The van der Waals surface area contributed by atoms with Crippen molar-refractivity contribution >= 4 is 40.6 Å². The molecule has 10 nitrogen and oxygen atoms in total. The van der Waals surface area contributed by atoms with E-state index in [0.29, 0.717) is 11.4 Å². The number of rotatable bonds is 7. The molecule has 0 aliphatic heterocycles. The Labute approximate surface area is 194 Å². The van der Waals surface area contributed by atoms with E-state index in [1.165, 1.54) is 18.3 Å². The predicted molar refractivity (Wildman–Crippen MR) is 124 cm³/mol. The van der Waals surface area contributed by atoms with Crippen LogP contribution in [0.25, 0.3) is 0 Å². The SMILES string of the molecule is COc1ccc(N(C(=O)c2snc(C(N)=O)c2N)C(C(=O)NC(C)(C)C)c2ccco2)cc1. The Balaban J connectivity index is 2.18. The van der Waals surface area contributed by atoms with Crippen LogP contribution in [-0.2, 0) is 4.79 Å². The summed E-state index contributed by atoms with van der Waals surface area (Å²) >= 11 is 0.729. The lowest BCUT2D eigenvalue weighted by molar-refractivity contribution is -0.124. The van der Waals surface area contributed by atoms with Gasteiger partial charge >= 0.3 is 0 Å². The van der Waals surface area contributed by atoms with E-state index in [0.717, 1.165) is 11.5 Å². The van der Waals surface area contributed by atoms with Crippen molar-refractivity contribution in [3.8, 4) is 5.75 Å². The van der Waals surface area contributed by atoms with E-state index >= 15 is 0 Å². The van der Waals surface area contributed by atoms with E-state index in [9.17, 15) is 14.4 Å². The summed E-state index contributed by atoms with van der Waals surface area (Å²) in [7, 11) is 1.52. The second kappa shape index (κ2) is 9.33. The Bertz CT molecular complexity index is 1150. The number of amides is 3. The van der Waals surface area contributed by atoms with Gasteiger partial charge in [-0.1, -0.05) is 0 Å². The molecule has 1 aromatic carbocycles. The van der Waals surface area contributed by atoms with Crippen LogP contribution in [0.15, 0.2) is 47.1 Å². The topological polar surface area (TPSA) is 154 Å². The van der Waals surface area contributed by atoms with Crippen molar-refractivity contribution in [3.63, 3.8) is 0 Å². The molecule has 1 atom stereocenters. The minimum absolute atomic E-state index is 0.0280. The Morgan fingerprint density at radius 3 is 2.33 bits per heavy atom. The van der Waals surface area contributed by atoms with Gasteiger partial charge in [0, 0.05) is 11.2 Å². The molecule has 0 bridgehead atoms. The molecule has 0 radical (unpaired) electrons. The fourth-order valence-electron chi connectivity index (χ4n) is 3.12. The Morgan fingerprint density at radius 2 is 1.85 bits per heavy atom. The summed E-state index contributed by atoms with van der Waals surface area (Å²) in [5, 5.41) is 2.89. The molecule has 3 aromatic rings. The molecule has 3 rings (SSSR count). The first-order valence-corrected chi connectivity index (χ1v) is 10.7. The second-order valence-electron chi connectivity index (χ2n) is 8.17. The molecule has 2 heterocycles. The number of anilines is 2. The molecular formula is C22H25N5O5S. The highest BCUT2D eigenvalue weighted by atomic mass is 32.1. The van der Waals surface area contributed by atoms with Gasteiger partial charge in [0.1, 0.15) is 16.4 Å². The van der Waals surface area contributed by atoms with Crippen molar-refractivity contribution in [1.82, 2.24) is 9.69 Å². The molecule has 0 aliphatic rings. The zero-order valence-corrected chi connectivity index (χ0v) is 19.4. The Kier molecular flexibility index (Phi) is 6.73. The minimum Gasteiger partial charge on any atom is -0.497 e. The smallest absolute Gasteiger partial charge is 0.273 e. The number of nitrogens with one attached hydrogen (secondary N) is 1. The van der Waals surface area contributed by atoms with Gasteiger partial charge in [-0.3, -0.25) is 19.3 Å². The highest BCUT2D eigenvalue weighted by molar-refractivity contribution is 7.09. The van der Waals surface area contributed by atoms with Gasteiger partial charge < -0.3 is 25.9 Å². The second-order valence-corrected chi connectivity index (χ2v) is 8.94. The van der Waals surface area contributed by atoms with Gasteiger partial charge in [0.2, 0.25) is 0 Å². The van der Waals surface area contributed by atoms with Crippen molar-refractivity contribution in [2.24, 2.45) is 5.73 Å². The summed E-state index contributed by atoms with van der Waals surface area (Å²) in [5.74, 6) is -1.17. The first kappa shape index (κ1) is 23.8. The molecule has 5 N–H and O–H groups in total. The zero-order valence-electron chi connectivity index (χ0n) is 18.6. The molecule has 2 aromatic heterocycles. The molecular weight excluding hydrogens is 446 g/mol. The van der Waals surface area contributed by atoms with E-state index in [1.54, 1.807) is 36.4 Å². The molecule has 3 amide bonds. The first-order valence-electron chi connectivity index (χ1n) is 9.91. The summed E-state index contributed by atoms with van der Waals surface area (Å²) < 4.78 is 14.7. The van der Waals surface area contributed by atoms with Crippen molar-refractivity contribution in [3.05, 3.63) is 59.0 Å². The molecule has 1 unspecified atom stereocenters. The third kappa shape index (κ3) is 5.14. The van der Waals surface area contributed by atoms with Crippen LogP contribution in [0.4, 0.5) is 11.4 Å². The van der Waals surface area contributed by atoms with Crippen molar-refractivity contribution in [1.29, 1.82) is 0 Å². The molecule has 11 heteroatoms. The molecule has 33 heavy (non-hydrogen) atoms. The first-order chi connectivity index (χ1) is 15.5. The number of carbonyl (C=O) groups excluding carboxylic acids is 3. The number of carbonyl (C=O) groups is 3. The molecule has 174 valence electrons. The average molecular weight is 472 g/mol. The van der Waals surface area contributed by atoms with Crippen LogP contribution in [-0.4, -0.2) is 34.7 Å². The van der Waals surface area contributed by atoms with E-state index in [1.807, 2.05) is 20.8 Å². The number of nitrogens with two attached hydrogens (primary N) is 2. The number of hydrogen-bond acceptors (Lipinski definition) is 8. The third-order valence-corrected chi connectivity index (χ3v) is 5.39. The maximum absolute atomic E-state index is 13.8. The van der Waals surface area contributed by atoms with E-state index < -0.39 is 29.3 Å². The summed E-state index contributed by atoms with van der Waals surface area (Å²) in [6, 6.07) is 8.60. The number of primary amides is 1. The quantitative estimate of drug-likeness (QED) is 0.479. The van der Waals surface area contributed by atoms with Gasteiger partial charge in [0.05, 0.1) is 19.1 Å². The normalized spacial score (nSPS) is 12.1. The van der Waals surface area contributed by atoms with Crippen LogP contribution in [0.2, 0.25) is 0 Å². The fourth-order valence-corrected chi connectivity index (χ4v) is 3.87. The highest BCUT2D eigenvalue weighted by Gasteiger charge is 2.38. The summed E-state index contributed by atoms with van der Waals surface area (Å²) in [4.78, 5) is 40.0. The monoisotopic (exact) mass is 471 g/mol. The molecule has 0 spiro atoms.